The molecule has 0 aliphatic carbocycles. The molecule has 0 bridgehead atoms. The zero-order valence-electron chi connectivity index (χ0n) is 11.5. The van der Waals surface area contributed by atoms with Gasteiger partial charge in [-0.2, -0.15) is 0 Å². The molecule has 2 rings (SSSR count). The van der Waals surface area contributed by atoms with Crippen LogP contribution >= 0.6 is 27.5 Å². The fourth-order valence-electron chi connectivity index (χ4n) is 1.74. The van der Waals surface area contributed by atoms with Gasteiger partial charge in [0.1, 0.15) is 17.7 Å². The first-order valence-corrected chi connectivity index (χ1v) is 8.80. The number of hydrogen-bond acceptors (Lipinski definition) is 3. The van der Waals surface area contributed by atoms with Gasteiger partial charge >= 0.3 is 0 Å². The number of amidine groups is 1. The molecule has 1 unspecified atom stereocenters. The molecule has 0 saturated carbocycles. The minimum absolute atomic E-state index is 0.353. The lowest BCUT2D eigenvalue weighted by atomic mass is 10.1. The smallest absolute Gasteiger partial charge is 0.194 e. The first kappa shape index (κ1) is 16.5. The zero-order valence-corrected chi connectivity index (χ0v) is 14.6. The lowest BCUT2D eigenvalue weighted by Crippen LogP contribution is -2.38. The molecule has 1 aliphatic rings. The molecule has 1 heterocycles. The van der Waals surface area contributed by atoms with Crippen LogP contribution in [0.1, 0.15) is 18.9 Å². The molecule has 0 radical (unpaired) electrons. The van der Waals surface area contributed by atoms with Crippen LogP contribution in [0.15, 0.2) is 38.9 Å². The van der Waals surface area contributed by atoms with Gasteiger partial charge in [0.15, 0.2) is 11.2 Å². The van der Waals surface area contributed by atoms with Crippen molar-refractivity contribution >= 4 is 50.1 Å². The van der Waals surface area contributed by atoms with Crippen LogP contribution in [0.2, 0.25) is 0 Å². The van der Waals surface area contributed by atoms with Crippen LogP contribution in [-0.4, -0.2) is 23.3 Å². The van der Waals surface area contributed by atoms with E-state index < -0.39 is 11.2 Å². The van der Waals surface area contributed by atoms with Crippen molar-refractivity contribution in [3.05, 3.63) is 39.5 Å². The van der Waals surface area contributed by atoms with Crippen LogP contribution < -0.4 is 14.8 Å². The molecule has 1 aliphatic heterocycles. The molecular formula is C13H16BrClN4OS. The van der Waals surface area contributed by atoms with Crippen molar-refractivity contribution in [1.82, 2.24) is 14.8 Å². The predicted octanol–water partition coefficient (Wildman–Crippen LogP) is 2.48. The second-order valence-electron chi connectivity index (χ2n) is 4.30. The SMILES string of the molecule is CCCNS(=O)NC1=NCNC(Cl)=C1c1ccc(Br)cc1. The van der Waals surface area contributed by atoms with Crippen molar-refractivity contribution in [1.29, 1.82) is 0 Å². The van der Waals surface area contributed by atoms with Crippen molar-refractivity contribution in [3.63, 3.8) is 0 Å². The lowest BCUT2D eigenvalue weighted by molar-refractivity contribution is 0.667. The van der Waals surface area contributed by atoms with E-state index in [1.165, 1.54) is 0 Å². The summed E-state index contributed by atoms with van der Waals surface area (Å²) < 4.78 is 18.6. The average Bonchev–Trinajstić information content (AvgIpc) is 2.47. The highest BCUT2D eigenvalue weighted by molar-refractivity contribution is 9.10. The van der Waals surface area contributed by atoms with Crippen LogP contribution in [0.3, 0.4) is 0 Å². The first-order chi connectivity index (χ1) is 10.1. The number of nitrogens with one attached hydrogen (secondary N) is 3. The molecule has 0 fully saturated rings. The van der Waals surface area contributed by atoms with Crippen molar-refractivity contribution in [2.24, 2.45) is 4.99 Å². The van der Waals surface area contributed by atoms with E-state index in [0.717, 1.165) is 16.5 Å². The third-order valence-electron chi connectivity index (χ3n) is 2.73. The van der Waals surface area contributed by atoms with Crippen LogP contribution in [0.5, 0.6) is 0 Å². The van der Waals surface area contributed by atoms with Gasteiger partial charge in [0.05, 0.1) is 5.57 Å². The van der Waals surface area contributed by atoms with Crippen LogP contribution in [-0.2, 0) is 11.2 Å². The number of hydrogen-bond donors (Lipinski definition) is 3. The molecule has 5 nitrogen and oxygen atoms in total. The maximum absolute atomic E-state index is 11.9. The minimum atomic E-state index is -1.39. The van der Waals surface area contributed by atoms with E-state index in [4.69, 9.17) is 11.6 Å². The summed E-state index contributed by atoms with van der Waals surface area (Å²) in [6, 6.07) is 7.69. The molecule has 1 aromatic carbocycles. The van der Waals surface area contributed by atoms with E-state index in [1.807, 2.05) is 31.2 Å². The normalized spacial score (nSPS) is 16.2. The summed E-state index contributed by atoms with van der Waals surface area (Å²) in [5.41, 5.74) is 1.61. The second kappa shape index (κ2) is 7.93. The Morgan fingerprint density at radius 2 is 2.14 bits per heavy atom. The van der Waals surface area contributed by atoms with Crippen molar-refractivity contribution < 1.29 is 4.21 Å². The molecule has 0 aromatic heterocycles. The maximum atomic E-state index is 11.9. The van der Waals surface area contributed by atoms with Gasteiger partial charge in [0.25, 0.3) is 0 Å². The van der Waals surface area contributed by atoms with Gasteiger partial charge in [-0.25, -0.2) is 13.9 Å². The minimum Gasteiger partial charge on any atom is -0.356 e. The third-order valence-corrected chi connectivity index (χ3v) is 4.43. The van der Waals surface area contributed by atoms with Crippen molar-refractivity contribution in [3.8, 4) is 0 Å². The highest BCUT2D eigenvalue weighted by Crippen LogP contribution is 2.24. The summed E-state index contributed by atoms with van der Waals surface area (Å²) in [5, 5.41) is 3.47. The Kier molecular flexibility index (Phi) is 6.22. The summed E-state index contributed by atoms with van der Waals surface area (Å²) in [7, 11) is 0. The molecular weight excluding hydrogens is 376 g/mol. The fourth-order valence-corrected chi connectivity index (χ4v) is 3.07. The summed E-state index contributed by atoms with van der Waals surface area (Å²) in [4.78, 5) is 4.32. The van der Waals surface area contributed by atoms with E-state index in [-0.39, 0.29) is 0 Å². The van der Waals surface area contributed by atoms with Crippen LogP contribution in [0.25, 0.3) is 5.57 Å². The van der Waals surface area contributed by atoms with Crippen molar-refractivity contribution in [2.75, 3.05) is 13.2 Å². The first-order valence-electron chi connectivity index (χ1n) is 6.48. The van der Waals surface area contributed by atoms with E-state index in [0.29, 0.717) is 29.8 Å². The van der Waals surface area contributed by atoms with Gasteiger partial charge in [-0.05, 0) is 24.1 Å². The Morgan fingerprint density at radius 1 is 1.43 bits per heavy atom. The fraction of sp³-hybridized carbons (Fsp3) is 0.308. The number of rotatable bonds is 5. The lowest BCUT2D eigenvalue weighted by Gasteiger charge is -2.20. The molecule has 8 heteroatoms. The van der Waals surface area contributed by atoms with E-state index >= 15 is 0 Å². The van der Waals surface area contributed by atoms with Crippen LogP contribution in [0, 0.1) is 0 Å². The Morgan fingerprint density at radius 3 is 2.81 bits per heavy atom. The predicted molar refractivity (Wildman–Crippen MR) is 91.9 cm³/mol. The summed E-state index contributed by atoms with van der Waals surface area (Å²) in [6.07, 6.45) is 0.900. The average molecular weight is 392 g/mol. The number of benzene rings is 1. The molecule has 0 amide bonds. The molecule has 1 atom stereocenters. The molecule has 114 valence electrons. The quantitative estimate of drug-likeness (QED) is 0.675. The Hall–Kier alpha value is -0.890. The van der Waals surface area contributed by atoms with Gasteiger partial charge in [-0.1, -0.05) is 46.6 Å². The van der Waals surface area contributed by atoms with Gasteiger partial charge < -0.3 is 5.32 Å². The van der Waals surface area contributed by atoms with E-state index in [1.54, 1.807) is 0 Å². The largest absolute Gasteiger partial charge is 0.356 e. The van der Waals surface area contributed by atoms with Gasteiger partial charge in [-0.15, -0.1) is 0 Å². The molecule has 1 aromatic rings. The van der Waals surface area contributed by atoms with Crippen molar-refractivity contribution in [2.45, 2.75) is 13.3 Å². The topological polar surface area (TPSA) is 65.5 Å². The molecule has 0 saturated heterocycles. The van der Waals surface area contributed by atoms with E-state index in [9.17, 15) is 4.21 Å². The highest BCUT2D eigenvalue weighted by atomic mass is 79.9. The Balaban J connectivity index is 2.21. The summed E-state index contributed by atoms with van der Waals surface area (Å²) >= 11 is 8.26. The number of nitrogens with zero attached hydrogens (tertiary/aromatic N) is 1. The Bertz CT molecular complexity index is 588. The zero-order chi connectivity index (χ0) is 15.2. The standard InChI is InChI=1S/C13H16BrClN4OS/c1-2-7-18-21(20)19-13-11(12(15)16-8-17-13)9-3-5-10(14)6-4-9/h3-6,16,18H,2,7-8H2,1H3,(H,17,19). The van der Waals surface area contributed by atoms with Gasteiger partial charge in [-0.3, -0.25) is 4.72 Å². The number of aliphatic imine (C=N–C) groups is 1. The third kappa shape index (κ3) is 4.54. The second-order valence-corrected chi connectivity index (χ2v) is 6.63. The summed E-state index contributed by atoms with van der Waals surface area (Å²) in [5.74, 6) is 0.517. The highest BCUT2D eigenvalue weighted by Gasteiger charge is 2.19. The number of halogens is 2. The van der Waals surface area contributed by atoms with Gasteiger partial charge in [0, 0.05) is 11.0 Å². The molecule has 21 heavy (non-hydrogen) atoms. The van der Waals surface area contributed by atoms with E-state index in [2.05, 4.69) is 35.7 Å². The summed E-state index contributed by atoms with van der Waals surface area (Å²) in [6.45, 7) is 3.03. The Labute approximate surface area is 140 Å². The maximum Gasteiger partial charge on any atom is 0.194 e. The van der Waals surface area contributed by atoms with Crippen LogP contribution in [0.4, 0.5) is 0 Å². The molecule has 3 N–H and O–H groups in total. The van der Waals surface area contributed by atoms with Gasteiger partial charge in [0.2, 0.25) is 0 Å². The monoisotopic (exact) mass is 390 g/mol. The molecule has 0 spiro atoms.